The number of carbonyl (C=O) groups excluding carboxylic acids is 1. The second kappa shape index (κ2) is 10.0. The van der Waals surface area contributed by atoms with Crippen LogP contribution < -0.4 is 5.32 Å². The molecule has 0 unspecified atom stereocenters. The molecular weight excluding hydrogens is 364 g/mol. The minimum Gasteiger partial charge on any atom is -0.355 e. The number of rotatable bonds is 7. The van der Waals surface area contributed by atoms with Crippen molar-refractivity contribution in [2.75, 3.05) is 25.4 Å². The van der Waals surface area contributed by atoms with Crippen molar-refractivity contribution in [1.29, 1.82) is 0 Å². The summed E-state index contributed by atoms with van der Waals surface area (Å²) in [7, 11) is 0. The highest BCUT2D eigenvalue weighted by atomic mass is 35.5. The van der Waals surface area contributed by atoms with Gasteiger partial charge in [-0.2, -0.15) is 0 Å². The lowest BCUT2D eigenvalue weighted by Crippen LogP contribution is -2.43. The quantitative estimate of drug-likeness (QED) is 0.561. The van der Waals surface area contributed by atoms with E-state index < -0.39 is 0 Å². The first-order valence-electron chi connectivity index (χ1n) is 9.13. The number of nitrogens with one attached hydrogen (secondary N) is 1. The van der Waals surface area contributed by atoms with Crippen LogP contribution in [0.15, 0.2) is 59.5 Å². The number of amides is 1. The highest BCUT2D eigenvalue weighted by Gasteiger charge is 2.25. The summed E-state index contributed by atoms with van der Waals surface area (Å²) in [5.41, 5.74) is 1.13. The van der Waals surface area contributed by atoms with E-state index in [1.54, 1.807) is 11.8 Å². The molecule has 2 aromatic rings. The number of thioether (sulfide) groups is 1. The van der Waals surface area contributed by atoms with Crippen LogP contribution >= 0.6 is 23.4 Å². The maximum absolute atomic E-state index is 12.5. The Labute approximate surface area is 165 Å². The highest BCUT2D eigenvalue weighted by molar-refractivity contribution is 7.99. The average Bonchev–Trinajstić information content (AvgIpc) is 2.68. The molecule has 0 aliphatic carbocycles. The summed E-state index contributed by atoms with van der Waals surface area (Å²) in [6.45, 7) is 3.36. The molecule has 0 saturated carbocycles. The molecule has 2 aromatic carbocycles. The van der Waals surface area contributed by atoms with E-state index in [9.17, 15) is 4.79 Å². The van der Waals surface area contributed by atoms with Crippen molar-refractivity contribution in [3.05, 3.63) is 65.2 Å². The van der Waals surface area contributed by atoms with Crippen LogP contribution in [-0.2, 0) is 11.3 Å². The molecule has 138 valence electrons. The third-order valence-corrected chi connectivity index (χ3v) is 6.02. The fourth-order valence-corrected chi connectivity index (χ4v) is 4.27. The van der Waals surface area contributed by atoms with E-state index >= 15 is 0 Å². The Morgan fingerprint density at radius 1 is 1.15 bits per heavy atom. The molecule has 3 rings (SSSR count). The molecule has 1 amide bonds. The summed E-state index contributed by atoms with van der Waals surface area (Å²) in [4.78, 5) is 16.1. The normalized spacial score (nSPS) is 17.8. The summed E-state index contributed by atoms with van der Waals surface area (Å²) < 4.78 is 0. The molecule has 0 bridgehead atoms. The Morgan fingerprint density at radius 2 is 1.92 bits per heavy atom. The van der Waals surface area contributed by atoms with Crippen molar-refractivity contribution in [3.63, 3.8) is 0 Å². The number of hydrogen-bond acceptors (Lipinski definition) is 3. The maximum Gasteiger partial charge on any atom is 0.224 e. The van der Waals surface area contributed by atoms with Gasteiger partial charge in [-0.15, -0.1) is 11.8 Å². The zero-order valence-corrected chi connectivity index (χ0v) is 16.4. The molecule has 1 heterocycles. The molecule has 3 nitrogen and oxygen atoms in total. The van der Waals surface area contributed by atoms with Gasteiger partial charge in [0, 0.05) is 35.3 Å². The number of piperidine rings is 1. The Hall–Kier alpha value is -1.49. The average molecular weight is 389 g/mol. The van der Waals surface area contributed by atoms with E-state index in [4.69, 9.17) is 11.6 Å². The van der Waals surface area contributed by atoms with E-state index in [0.717, 1.165) is 48.8 Å². The standard InChI is InChI=1S/C21H25ClN2OS/c22-20-11-5-4-7-17(20)15-24-13-6-8-18(16-24)21(25)23-12-14-26-19-9-2-1-3-10-19/h1-5,7,9-11,18H,6,8,12-16H2,(H,23,25)/t18-/m0/s1. The van der Waals surface area contributed by atoms with Crippen LogP contribution in [0.1, 0.15) is 18.4 Å². The zero-order chi connectivity index (χ0) is 18.2. The van der Waals surface area contributed by atoms with Crippen LogP contribution in [0, 0.1) is 5.92 Å². The van der Waals surface area contributed by atoms with E-state index in [1.165, 1.54) is 4.90 Å². The van der Waals surface area contributed by atoms with Crippen LogP contribution in [0.4, 0.5) is 0 Å². The van der Waals surface area contributed by atoms with E-state index in [2.05, 4.69) is 28.4 Å². The third-order valence-electron chi connectivity index (χ3n) is 4.64. The second-order valence-electron chi connectivity index (χ2n) is 6.62. The van der Waals surface area contributed by atoms with Gasteiger partial charge in [-0.25, -0.2) is 0 Å². The Balaban J connectivity index is 1.42. The minimum atomic E-state index is 0.0768. The van der Waals surface area contributed by atoms with Gasteiger partial charge in [0.1, 0.15) is 0 Å². The molecule has 26 heavy (non-hydrogen) atoms. The molecule has 1 aliphatic heterocycles. The van der Waals surface area contributed by atoms with Crippen LogP contribution in [0.25, 0.3) is 0 Å². The molecule has 0 spiro atoms. The van der Waals surface area contributed by atoms with Gasteiger partial charge >= 0.3 is 0 Å². The molecule has 1 fully saturated rings. The monoisotopic (exact) mass is 388 g/mol. The van der Waals surface area contributed by atoms with Gasteiger partial charge < -0.3 is 5.32 Å². The fourth-order valence-electron chi connectivity index (χ4n) is 3.28. The predicted octanol–water partition coefficient (Wildman–Crippen LogP) is 4.46. The van der Waals surface area contributed by atoms with Crippen molar-refractivity contribution in [3.8, 4) is 0 Å². The molecule has 1 aliphatic rings. The highest BCUT2D eigenvalue weighted by Crippen LogP contribution is 2.22. The Morgan fingerprint density at radius 3 is 2.73 bits per heavy atom. The largest absolute Gasteiger partial charge is 0.355 e. The van der Waals surface area contributed by atoms with Crippen LogP contribution in [0.5, 0.6) is 0 Å². The van der Waals surface area contributed by atoms with Crippen LogP contribution in [-0.4, -0.2) is 36.2 Å². The number of benzene rings is 2. The number of hydrogen-bond donors (Lipinski definition) is 1. The van der Waals surface area contributed by atoms with E-state index in [-0.39, 0.29) is 11.8 Å². The molecule has 5 heteroatoms. The number of carbonyl (C=O) groups is 1. The van der Waals surface area contributed by atoms with Gasteiger partial charge in [0.2, 0.25) is 5.91 Å². The topological polar surface area (TPSA) is 32.3 Å². The van der Waals surface area contributed by atoms with Gasteiger partial charge in [0.25, 0.3) is 0 Å². The number of halogens is 1. The molecular formula is C21H25ClN2OS. The first-order chi connectivity index (χ1) is 12.7. The Kier molecular flexibility index (Phi) is 7.42. The summed E-state index contributed by atoms with van der Waals surface area (Å²) in [6, 6.07) is 18.2. The lowest BCUT2D eigenvalue weighted by atomic mass is 9.96. The van der Waals surface area contributed by atoms with Gasteiger partial charge in [-0.3, -0.25) is 9.69 Å². The van der Waals surface area contributed by atoms with Gasteiger partial charge in [0.05, 0.1) is 5.92 Å². The van der Waals surface area contributed by atoms with Crippen LogP contribution in [0.3, 0.4) is 0 Å². The summed E-state index contributed by atoms with van der Waals surface area (Å²) in [5, 5.41) is 3.91. The summed E-state index contributed by atoms with van der Waals surface area (Å²) in [6.07, 6.45) is 2.03. The zero-order valence-electron chi connectivity index (χ0n) is 14.9. The first-order valence-corrected chi connectivity index (χ1v) is 10.5. The smallest absolute Gasteiger partial charge is 0.224 e. The fraction of sp³-hybridized carbons (Fsp3) is 0.381. The molecule has 0 aromatic heterocycles. The van der Waals surface area contributed by atoms with Crippen molar-refractivity contribution < 1.29 is 4.79 Å². The summed E-state index contributed by atoms with van der Waals surface area (Å²) in [5.74, 6) is 1.15. The van der Waals surface area contributed by atoms with Crippen LogP contribution in [0.2, 0.25) is 5.02 Å². The van der Waals surface area contributed by atoms with E-state index in [1.807, 2.05) is 36.4 Å². The van der Waals surface area contributed by atoms with Crippen molar-refractivity contribution >= 4 is 29.3 Å². The number of nitrogens with zero attached hydrogens (tertiary/aromatic N) is 1. The SMILES string of the molecule is O=C(NCCSc1ccccc1)[C@H]1CCCN(Cc2ccccc2Cl)C1. The minimum absolute atomic E-state index is 0.0768. The molecule has 1 atom stereocenters. The molecule has 1 N–H and O–H groups in total. The number of likely N-dealkylation sites (tertiary alicyclic amines) is 1. The predicted molar refractivity (Wildman–Crippen MR) is 110 cm³/mol. The Bertz CT molecular complexity index is 710. The lowest BCUT2D eigenvalue weighted by Gasteiger charge is -2.32. The summed E-state index contributed by atoms with van der Waals surface area (Å²) >= 11 is 8.04. The molecule has 1 saturated heterocycles. The molecule has 0 radical (unpaired) electrons. The van der Waals surface area contributed by atoms with Crippen molar-refractivity contribution in [2.45, 2.75) is 24.3 Å². The van der Waals surface area contributed by atoms with Crippen molar-refractivity contribution in [1.82, 2.24) is 10.2 Å². The lowest BCUT2D eigenvalue weighted by molar-refractivity contribution is -0.126. The first kappa shape index (κ1) is 19.3. The van der Waals surface area contributed by atoms with Gasteiger partial charge in [-0.1, -0.05) is 48.0 Å². The van der Waals surface area contributed by atoms with Gasteiger partial charge in [0.15, 0.2) is 0 Å². The third kappa shape index (κ3) is 5.76. The maximum atomic E-state index is 12.5. The second-order valence-corrected chi connectivity index (χ2v) is 8.19. The van der Waals surface area contributed by atoms with Crippen molar-refractivity contribution in [2.24, 2.45) is 5.92 Å². The van der Waals surface area contributed by atoms with E-state index in [0.29, 0.717) is 6.54 Å². The van der Waals surface area contributed by atoms with Gasteiger partial charge in [-0.05, 0) is 43.1 Å².